The number of nitrogens with one attached hydrogen (secondary N) is 1. The van der Waals surface area contributed by atoms with E-state index in [1.54, 1.807) is 36.4 Å². The van der Waals surface area contributed by atoms with Crippen molar-refractivity contribution in [1.82, 2.24) is 9.97 Å². The van der Waals surface area contributed by atoms with Gasteiger partial charge in [0.1, 0.15) is 5.75 Å². The molecule has 0 aliphatic carbocycles. The molecule has 1 amide bonds. The molecule has 1 aromatic heterocycles. The smallest absolute Gasteiger partial charge is 0.338 e. The van der Waals surface area contributed by atoms with E-state index in [2.05, 4.69) is 5.32 Å². The Hall–Kier alpha value is -5.04. The van der Waals surface area contributed by atoms with Gasteiger partial charge in [-0.15, -0.1) is 0 Å². The van der Waals surface area contributed by atoms with E-state index >= 15 is 0 Å². The number of hydrogen-bond acceptors (Lipinski definition) is 6. The second-order valence-corrected chi connectivity index (χ2v) is 8.41. The molecular formula is C31H25N3O4. The lowest BCUT2D eigenvalue weighted by Gasteiger charge is -2.12. The standard InChI is InChI=1S/C31H25N3O4/c1-2-37-27-16-10-9-15-25(27)32-28(35)20-38-31(36)23-17-18-24-26(19-23)34-30(22-13-7-4-8-14-22)29(33-24)21-11-5-3-6-12-21/h3-19H,2,20H2,1H3,(H,32,35). The number of aromatic nitrogens is 2. The van der Waals surface area contributed by atoms with Crippen molar-refractivity contribution in [3.63, 3.8) is 0 Å². The topological polar surface area (TPSA) is 90.4 Å². The van der Waals surface area contributed by atoms with Gasteiger partial charge in [0.2, 0.25) is 0 Å². The van der Waals surface area contributed by atoms with Crippen LogP contribution >= 0.6 is 0 Å². The Morgan fingerprint density at radius 2 is 1.34 bits per heavy atom. The maximum absolute atomic E-state index is 12.8. The Bertz CT molecular complexity index is 1590. The van der Waals surface area contributed by atoms with Gasteiger partial charge in [-0.25, -0.2) is 14.8 Å². The molecule has 38 heavy (non-hydrogen) atoms. The van der Waals surface area contributed by atoms with Gasteiger partial charge in [0.15, 0.2) is 6.61 Å². The number of rotatable bonds is 8. The Balaban J connectivity index is 1.38. The van der Waals surface area contributed by atoms with Crippen LogP contribution in [0.3, 0.4) is 0 Å². The molecule has 0 aliphatic heterocycles. The first-order chi connectivity index (χ1) is 18.6. The average Bonchev–Trinajstić information content (AvgIpc) is 2.97. The van der Waals surface area contributed by atoms with Crippen LogP contribution in [0.2, 0.25) is 0 Å². The van der Waals surface area contributed by atoms with Gasteiger partial charge in [0, 0.05) is 11.1 Å². The zero-order chi connectivity index (χ0) is 26.3. The Morgan fingerprint density at radius 1 is 0.737 bits per heavy atom. The summed E-state index contributed by atoms with van der Waals surface area (Å²) in [6.07, 6.45) is 0. The van der Waals surface area contributed by atoms with Crippen molar-refractivity contribution < 1.29 is 19.1 Å². The SMILES string of the molecule is CCOc1ccccc1NC(=O)COC(=O)c1ccc2nc(-c3ccccc3)c(-c3ccccc3)nc2c1. The summed E-state index contributed by atoms with van der Waals surface area (Å²) in [5.74, 6) is -0.549. The van der Waals surface area contributed by atoms with Gasteiger partial charge < -0.3 is 14.8 Å². The van der Waals surface area contributed by atoms with E-state index in [0.29, 0.717) is 34.8 Å². The molecule has 7 nitrogen and oxygen atoms in total. The third-order valence-corrected chi connectivity index (χ3v) is 5.79. The van der Waals surface area contributed by atoms with E-state index < -0.39 is 18.5 Å². The highest BCUT2D eigenvalue weighted by molar-refractivity contribution is 5.98. The molecule has 0 radical (unpaired) electrons. The molecule has 0 spiro atoms. The van der Waals surface area contributed by atoms with Crippen LogP contribution in [0.4, 0.5) is 5.69 Å². The van der Waals surface area contributed by atoms with Crippen LogP contribution in [-0.2, 0) is 9.53 Å². The van der Waals surface area contributed by atoms with Crippen LogP contribution in [0.25, 0.3) is 33.5 Å². The minimum Gasteiger partial charge on any atom is -0.492 e. The molecule has 1 heterocycles. The van der Waals surface area contributed by atoms with Crippen LogP contribution in [0.5, 0.6) is 5.75 Å². The van der Waals surface area contributed by atoms with Crippen molar-refractivity contribution in [3.05, 3.63) is 109 Å². The number of hydrogen-bond donors (Lipinski definition) is 1. The van der Waals surface area contributed by atoms with Gasteiger partial charge in [0.25, 0.3) is 5.91 Å². The summed E-state index contributed by atoms with van der Waals surface area (Å²) in [7, 11) is 0. The molecule has 0 fully saturated rings. The minimum absolute atomic E-state index is 0.279. The maximum Gasteiger partial charge on any atom is 0.338 e. The van der Waals surface area contributed by atoms with E-state index in [9.17, 15) is 9.59 Å². The molecule has 0 saturated heterocycles. The number of benzene rings is 4. The predicted octanol–water partition coefficient (Wildman–Crippen LogP) is 6.16. The summed E-state index contributed by atoms with van der Waals surface area (Å²) in [5.41, 5.74) is 5.31. The fourth-order valence-corrected chi connectivity index (χ4v) is 4.03. The fourth-order valence-electron chi connectivity index (χ4n) is 4.03. The summed E-state index contributed by atoms with van der Waals surface area (Å²) in [6.45, 7) is 1.89. The highest BCUT2D eigenvalue weighted by atomic mass is 16.5. The van der Waals surface area contributed by atoms with E-state index in [4.69, 9.17) is 19.4 Å². The molecule has 5 rings (SSSR count). The summed E-state index contributed by atoms with van der Waals surface area (Å²) in [4.78, 5) is 35.0. The lowest BCUT2D eigenvalue weighted by Crippen LogP contribution is -2.21. The summed E-state index contributed by atoms with van der Waals surface area (Å²) in [6, 6.07) is 31.7. The first-order valence-electron chi connectivity index (χ1n) is 12.2. The normalized spacial score (nSPS) is 10.7. The van der Waals surface area contributed by atoms with Gasteiger partial charge in [-0.05, 0) is 37.3 Å². The lowest BCUT2D eigenvalue weighted by atomic mass is 10.0. The Kier molecular flexibility index (Phi) is 7.36. The first-order valence-corrected chi connectivity index (χ1v) is 12.2. The second kappa shape index (κ2) is 11.3. The molecule has 0 aliphatic rings. The number of nitrogens with zero attached hydrogens (tertiary/aromatic N) is 2. The maximum atomic E-state index is 12.8. The van der Waals surface area contributed by atoms with Crippen LogP contribution in [0.15, 0.2) is 103 Å². The van der Waals surface area contributed by atoms with Crippen LogP contribution in [-0.4, -0.2) is 35.1 Å². The van der Waals surface area contributed by atoms with Crippen molar-refractivity contribution in [2.45, 2.75) is 6.92 Å². The van der Waals surface area contributed by atoms with Crippen LogP contribution < -0.4 is 10.1 Å². The predicted molar refractivity (Wildman–Crippen MR) is 147 cm³/mol. The number of amides is 1. The summed E-state index contributed by atoms with van der Waals surface area (Å²) >= 11 is 0. The quantitative estimate of drug-likeness (QED) is 0.255. The van der Waals surface area contributed by atoms with Crippen molar-refractivity contribution in [1.29, 1.82) is 0 Å². The van der Waals surface area contributed by atoms with Gasteiger partial charge in [0.05, 0.1) is 40.3 Å². The third-order valence-electron chi connectivity index (χ3n) is 5.79. The summed E-state index contributed by atoms with van der Waals surface area (Å²) < 4.78 is 10.8. The third kappa shape index (κ3) is 5.52. The monoisotopic (exact) mass is 503 g/mol. The number of fused-ring (bicyclic) bond motifs is 1. The Labute approximate surface area is 220 Å². The number of anilines is 1. The highest BCUT2D eigenvalue weighted by Gasteiger charge is 2.16. The number of para-hydroxylation sites is 2. The molecule has 1 N–H and O–H groups in total. The van der Waals surface area contributed by atoms with E-state index in [-0.39, 0.29) is 5.56 Å². The van der Waals surface area contributed by atoms with Gasteiger partial charge >= 0.3 is 5.97 Å². The number of carbonyl (C=O) groups excluding carboxylic acids is 2. The van der Waals surface area contributed by atoms with Crippen molar-refractivity contribution >= 4 is 28.6 Å². The molecule has 5 aromatic rings. The summed E-state index contributed by atoms with van der Waals surface area (Å²) in [5, 5.41) is 2.72. The van der Waals surface area contributed by atoms with Crippen LogP contribution in [0.1, 0.15) is 17.3 Å². The molecule has 0 atom stereocenters. The molecule has 0 saturated carbocycles. The zero-order valence-electron chi connectivity index (χ0n) is 20.8. The molecule has 0 bridgehead atoms. The number of esters is 1. The molecule has 4 aromatic carbocycles. The lowest BCUT2D eigenvalue weighted by molar-refractivity contribution is -0.119. The van der Waals surface area contributed by atoms with Crippen LogP contribution in [0, 0.1) is 0 Å². The molecule has 7 heteroatoms. The van der Waals surface area contributed by atoms with Gasteiger partial charge in [-0.2, -0.15) is 0 Å². The number of ether oxygens (including phenoxy) is 2. The van der Waals surface area contributed by atoms with E-state index in [1.165, 1.54) is 0 Å². The first kappa shape index (κ1) is 24.6. The van der Waals surface area contributed by atoms with Gasteiger partial charge in [-0.1, -0.05) is 72.8 Å². The fraction of sp³-hybridized carbons (Fsp3) is 0.0968. The second-order valence-electron chi connectivity index (χ2n) is 8.41. The molecular weight excluding hydrogens is 478 g/mol. The van der Waals surface area contributed by atoms with Crippen molar-refractivity contribution in [3.8, 4) is 28.3 Å². The number of carbonyl (C=O) groups is 2. The minimum atomic E-state index is -0.629. The van der Waals surface area contributed by atoms with Crippen molar-refractivity contribution in [2.24, 2.45) is 0 Å². The molecule has 0 unspecified atom stereocenters. The Morgan fingerprint density at radius 3 is 2.00 bits per heavy atom. The van der Waals surface area contributed by atoms with Gasteiger partial charge in [-0.3, -0.25) is 4.79 Å². The molecule has 188 valence electrons. The zero-order valence-corrected chi connectivity index (χ0v) is 20.8. The van der Waals surface area contributed by atoms with E-state index in [0.717, 1.165) is 16.8 Å². The highest BCUT2D eigenvalue weighted by Crippen LogP contribution is 2.31. The average molecular weight is 504 g/mol. The van der Waals surface area contributed by atoms with E-state index in [1.807, 2.05) is 73.7 Å². The largest absolute Gasteiger partial charge is 0.492 e. The van der Waals surface area contributed by atoms with Crippen molar-refractivity contribution in [2.75, 3.05) is 18.5 Å².